The number of rotatable bonds is 3. The van der Waals surface area contributed by atoms with Crippen molar-refractivity contribution in [1.29, 1.82) is 0 Å². The predicted molar refractivity (Wildman–Crippen MR) is 59.9 cm³/mol. The van der Waals surface area contributed by atoms with E-state index in [4.69, 9.17) is 11.6 Å². The lowest BCUT2D eigenvalue weighted by molar-refractivity contribution is -0.141. The summed E-state index contributed by atoms with van der Waals surface area (Å²) in [5, 5.41) is -0.321. The molecule has 0 fully saturated rings. The third-order valence-electron chi connectivity index (χ3n) is 2.48. The Hall–Kier alpha value is -0.840. The van der Waals surface area contributed by atoms with Crippen molar-refractivity contribution in [2.45, 2.75) is 38.2 Å². The molecular formula is C11H14ClF3N2. The monoisotopic (exact) mass is 266 g/mol. The van der Waals surface area contributed by atoms with Crippen LogP contribution in [0.3, 0.4) is 0 Å². The van der Waals surface area contributed by atoms with Crippen molar-refractivity contribution < 1.29 is 13.2 Å². The zero-order valence-electron chi connectivity index (χ0n) is 9.79. The average Bonchev–Trinajstić information content (AvgIpc) is 2.15. The molecule has 0 saturated heterocycles. The molecule has 0 aliphatic carbocycles. The van der Waals surface area contributed by atoms with Gasteiger partial charge in [-0.15, -0.1) is 11.6 Å². The Labute approximate surface area is 103 Å². The molecule has 1 aromatic rings. The number of halogens is 4. The maximum absolute atomic E-state index is 12.5. The zero-order chi connectivity index (χ0) is 13.2. The van der Waals surface area contributed by atoms with Gasteiger partial charge in [-0.2, -0.15) is 13.2 Å². The molecule has 0 N–H and O–H groups in total. The molecule has 0 aliphatic heterocycles. The second kappa shape index (κ2) is 5.21. The van der Waals surface area contributed by atoms with Gasteiger partial charge in [0, 0.05) is 17.5 Å². The van der Waals surface area contributed by atoms with Gasteiger partial charge < -0.3 is 0 Å². The Morgan fingerprint density at radius 1 is 1.24 bits per heavy atom. The van der Waals surface area contributed by atoms with Gasteiger partial charge in [-0.1, -0.05) is 13.8 Å². The molecule has 0 aromatic carbocycles. The quantitative estimate of drug-likeness (QED) is 0.777. The van der Waals surface area contributed by atoms with Crippen LogP contribution < -0.4 is 0 Å². The molecule has 6 heteroatoms. The molecule has 2 unspecified atom stereocenters. The molecule has 0 radical (unpaired) electrons. The van der Waals surface area contributed by atoms with Gasteiger partial charge in [0.2, 0.25) is 0 Å². The van der Waals surface area contributed by atoms with Crippen LogP contribution >= 0.6 is 11.6 Å². The maximum Gasteiger partial charge on any atom is 0.433 e. The fourth-order valence-electron chi connectivity index (χ4n) is 1.73. The molecule has 0 bridgehead atoms. The van der Waals surface area contributed by atoms with E-state index in [2.05, 4.69) is 9.97 Å². The van der Waals surface area contributed by atoms with Crippen LogP contribution in [0, 0.1) is 5.92 Å². The minimum atomic E-state index is -4.45. The number of hydrogen-bond acceptors (Lipinski definition) is 2. The number of aromatic nitrogens is 2. The third-order valence-corrected chi connectivity index (χ3v) is 2.75. The Kier molecular flexibility index (Phi) is 4.36. The highest BCUT2D eigenvalue weighted by Crippen LogP contribution is 2.32. The van der Waals surface area contributed by atoms with Crippen LogP contribution in [0.1, 0.15) is 38.2 Å². The highest BCUT2D eigenvalue weighted by atomic mass is 35.5. The molecule has 0 aliphatic rings. The van der Waals surface area contributed by atoms with Gasteiger partial charge in [0.25, 0.3) is 0 Å². The third kappa shape index (κ3) is 3.56. The molecule has 96 valence electrons. The Bertz CT molecular complexity index is 369. The average molecular weight is 267 g/mol. The van der Waals surface area contributed by atoms with E-state index in [1.54, 1.807) is 6.92 Å². The van der Waals surface area contributed by atoms with E-state index in [1.165, 1.54) is 0 Å². The normalized spacial score (nSPS) is 16.0. The second-order valence-electron chi connectivity index (χ2n) is 4.25. The first kappa shape index (κ1) is 14.2. The molecule has 2 nitrogen and oxygen atoms in total. The molecule has 0 amide bonds. The standard InChI is InChI=1S/C11H14ClF3N2/c1-6(2)9(7(3)12)10-16-5-4-8(17-10)11(13,14)15/h4-7,9H,1-3H3. The number of nitrogens with zero attached hydrogens (tertiary/aromatic N) is 2. The van der Waals surface area contributed by atoms with E-state index in [-0.39, 0.29) is 23.0 Å². The summed E-state index contributed by atoms with van der Waals surface area (Å²) in [5.41, 5.74) is -0.925. The number of alkyl halides is 4. The molecule has 0 spiro atoms. The summed E-state index contributed by atoms with van der Waals surface area (Å²) in [5.74, 6) is -0.0673. The molecule has 1 rings (SSSR count). The van der Waals surface area contributed by atoms with Crippen LogP contribution in [0.2, 0.25) is 0 Å². The van der Waals surface area contributed by atoms with Crippen LogP contribution in [0.15, 0.2) is 12.3 Å². The summed E-state index contributed by atoms with van der Waals surface area (Å²) in [7, 11) is 0. The smallest absolute Gasteiger partial charge is 0.241 e. The van der Waals surface area contributed by atoms with Crippen molar-refractivity contribution in [2.24, 2.45) is 5.92 Å². The maximum atomic E-state index is 12.5. The van der Waals surface area contributed by atoms with Crippen LogP contribution in [0.5, 0.6) is 0 Å². The first-order valence-corrected chi connectivity index (χ1v) is 5.71. The lowest BCUT2D eigenvalue weighted by atomic mass is 9.92. The predicted octanol–water partition coefficient (Wildman–Crippen LogP) is 3.86. The van der Waals surface area contributed by atoms with Crippen molar-refractivity contribution in [3.8, 4) is 0 Å². The molecule has 2 atom stereocenters. The highest BCUT2D eigenvalue weighted by Gasteiger charge is 2.34. The largest absolute Gasteiger partial charge is 0.433 e. The lowest BCUT2D eigenvalue weighted by Crippen LogP contribution is -2.20. The summed E-state index contributed by atoms with van der Waals surface area (Å²) in [6.45, 7) is 5.50. The first-order valence-electron chi connectivity index (χ1n) is 5.27. The van der Waals surface area contributed by atoms with E-state index in [9.17, 15) is 13.2 Å². The SMILES string of the molecule is CC(C)C(c1nccc(C(F)(F)F)n1)C(C)Cl. The minimum absolute atomic E-state index is 0.0750. The van der Waals surface area contributed by atoms with E-state index >= 15 is 0 Å². The van der Waals surface area contributed by atoms with Gasteiger partial charge in [-0.05, 0) is 18.9 Å². The van der Waals surface area contributed by atoms with Gasteiger partial charge in [0.15, 0.2) is 0 Å². The summed E-state index contributed by atoms with van der Waals surface area (Å²) in [6.07, 6.45) is -3.32. The van der Waals surface area contributed by atoms with Gasteiger partial charge in [0.1, 0.15) is 11.5 Å². The molecule has 1 aromatic heterocycles. The Morgan fingerprint density at radius 3 is 2.24 bits per heavy atom. The van der Waals surface area contributed by atoms with Gasteiger partial charge >= 0.3 is 6.18 Å². The summed E-state index contributed by atoms with van der Waals surface area (Å²) >= 11 is 5.98. The van der Waals surface area contributed by atoms with Crippen LogP contribution in [-0.4, -0.2) is 15.3 Å². The van der Waals surface area contributed by atoms with Crippen molar-refractivity contribution in [3.63, 3.8) is 0 Å². The molecule has 0 saturated carbocycles. The fourth-order valence-corrected chi connectivity index (χ4v) is 2.13. The summed E-state index contributed by atoms with van der Waals surface area (Å²) in [6, 6.07) is 0.861. The lowest BCUT2D eigenvalue weighted by Gasteiger charge is -2.22. The van der Waals surface area contributed by atoms with Crippen LogP contribution in [0.25, 0.3) is 0 Å². The van der Waals surface area contributed by atoms with Crippen LogP contribution in [0.4, 0.5) is 13.2 Å². The van der Waals surface area contributed by atoms with E-state index < -0.39 is 11.9 Å². The second-order valence-corrected chi connectivity index (χ2v) is 4.93. The first-order chi connectivity index (χ1) is 7.73. The van der Waals surface area contributed by atoms with Crippen molar-refractivity contribution in [2.75, 3.05) is 0 Å². The van der Waals surface area contributed by atoms with Gasteiger partial charge in [0.05, 0.1) is 0 Å². The molecular weight excluding hydrogens is 253 g/mol. The Morgan fingerprint density at radius 2 is 1.82 bits per heavy atom. The fraction of sp³-hybridized carbons (Fsp3) is 0.636. The van der Waals surface area contributed by atoms with Crippen molar-refractivity contribution >= 4 is 11.6 Å². The van der Waals surface area contributed by atoms with E-state index in [0.29, 0.717) is 0 Å². The van der Waals surface area contributed by atoms with E-state index in [0.717, 1.165) is 12.3 Å². The minimum Gasteiger partial charge on any atom is -0.241 e. The van der Waals surface area contributed by atoms with Crippen molar-refractivity contribution in [1.82, 2.24) is 9.97 Å². The van der Waals surface area contributed by atoms with E-state index in [1.807, 2.05) is 13.8 Å². The van der Waals surface area contributed by atoms with Crippen LogP contribution in [-0.2, 0) is 6.18 Å². The van der Waals surface area contributed by atoms with Gasteiger partial charge in [-0.25, -0.2) is 9.97 Å². The molecule has 17 heavy (non-hydrogen) atoms. The number of hydrogen-bond donors (Lipinski definition) is 0. The zero-order valence-corrected chi connectivity index (χ0v) is 10.5. The topological polar surface area (TPSA) is 25.8 Å². The van der Waals surface area contributed by atoms with Gasteiger partial charge in [-0.3, -0.25) is 0 Å². The Balaban J connectivity index is 3.14. The summed E-state index contributed by atoms with van der Waals surface area (Å²) < 4.78 is 37.5. The highest BCUT2D eigenvalue weighted by molar-refractivity contribution is 6.20. The summed E-state index contributed by atoms with van der Waals surface area (Å²) in [4.78, 5) is 7.47. The van der Waals surface area contributed by atoms with Crippen molar-refractivity contribution in [3.05, 3.63) is 23.8 Å². The molecule has 1 heterocycles.